The Hall–Kier alpha value is -2.25. The highest BCUT2D eigenvalue weighted by atomic mass is 32.2. The van der Waals surface area contributed by atoms with E-state index in [0.717, 1.165) is 23.8 Å². The van der Waals surface area contributed by atoms with Crippen molar-refractivity contribution in [3.8, 4) is 0 Å². The zero-order valence-electron chi connectivity index (χ0n) is 13.6. The molecule has 2 aromatic rings. The molecule has 2 rings (SSSR count). The van der Waals surface area contributed by atoms with Crippen LogP contribution in [0.3, 0.4) is 0 Å². The Morgan fingerprint density at radius 2 is 1.79 bits per heavy atom. The molecule has 2 aromatic carbocycles. The van der Waals surface area contributed by atoms with Gasteiger partial charge in [0.1, 0.15) is 5.82 Å². The topological polar surface area (TPSA) is 75.3 Å². The van der Waals surface area contributed by atoms with Gasteiger partial charge in [-0.25, -0.2) is 17.5 Å². The average Bonchev–Trinajstić information content (AvgIpc) is 2.55. The molecule has 0 aliphatic rings. The van der Waals surface area contributed by atoms with Gasteiger partial charge in [0.2, 0.25) is 10.0 Å². The van der Waals surface area contributed by atoms with Gasteiger partial charge >= 0.3 is 0 Å². The summed E-state index contributed by atoms with van der Waals surface area (Å²) in [6, 6.07) is 10.3. The molecule has 0 aliphatic heterocycles. The lowest BCUT2D eigenvalue weighted by Crippen LogP contribution is -2.20. The van der Waals surface area contributed by atoms with Gasteiger partial charge in [-0.3, -0.25) is 4.79 Å². The highest BCUT2D eigenvalue weighted by molar-refractivity contribution is 7.89. The molecule has 0 heterocycles. The van der Waals surface area contributed by atoms with Crippen LogP contribution >= 0.6 is 0 Å². The predicted molar refractivity (Wildman–Crippen MR) is 91.1 cm³/mol. The molecule has 0 bridgehead atoms. The number of para-hydroxylation sites is 1. The zero-order valence-corrected chi connectivity index (χ0v) is 14.4. The van der Waals surface area contributed by atoms with Crippen molar-refractivity contribution in [3.63, 3.8) is 0 Å². The van der Waals surface area contributed by atoms with Crippen molar-refractivity contribution in [1.29, 1.82) is 0 Å². The van der Waals surface area contributed by atoms with Crippen LogP contribution in [0.25, 0.3) is 0 Å². The Morgan fingerprint density at radius 1 is 1.12 bits per heavy atom. The van der Waals surface area contributed by atoms with Crippen molar-refractivity contribution in [2.24, 2.45) is 0 Å². The van der Waals surface area contributed by atoms with Crippen molar-refractivity contribution in [2.45, 2.75) is 24.7 Å². The van der Waals surface area contributed by atoms with Crippen LogP contribution in [0.15, 0.2) is 47.4 Å². The maximum absolute atomic E-state index is 14.0. The molecular formula is C17H19FN2O3S. The van der Waals surface area contributed by atoms with Gasteiger partial charge in [-0.2, -0.15) is 0 Å². The molecule has 0 fully saturated rings. The number of amides is 1. The highest BCUT2D eigenvalue weighted by Crippen LogP contribution is 2.25. The number of carbonyl (C=O) groups excluding carboxylic acids is 1. The zero-order chi connectivity index (χ0) is 17.9. The Balaban J connectivity index is 2.39. The molecule has 0 saturated carbocycles. The fraction of sp³-hybridized carbons (Fsp3) is 0.235. The normalized spacial score (nSPS) is 11.5. The van der Waals surface area contributed by atoms with E-state index >= 15 is 0 Å². The van der Waals surface area contributed by atoms with E-state index in [1.165, 1.54) is 7.05 Å². The van der Waals surface area contributed by atoms with Crippen LogP contribution in [-0.4, -0.2) is 21.4 Å². The van der Waals surface area contributed by atoms with Gasteiger partial charge in [0, 0.05) is 5.69 Å². The van der Waals surface area contributed by atoms with Crippen LogP contribution in [0.4, 0.5) is 10.1 Å². The fourth-order valence-electron chi connectivity index (χ4n) is 2.27. The number of halogens is 1. The van der Waals surface area contributed by atoms with Gasteiger partial charge in [-0.05, 0) is 42.8 Å². The summed E-state index contributed by atoms with van der Waals surface area (Å²) in [5.74, 6) is -1.32. The molecular weight excluding hydrogens is 331 g/mol. The van der Waals surface area contributed by atoms with Crippen molar-refractivity contribution in [2.75, 3.05) is 12.4 Å². The summed E-state index contributed by atoms with van der Waals surface area (Å²) in [5.41, 5.74) is 1.15. The second-order valence-electron chi connectivity index (χ2n) is 5.55. The Labute approximate surface area is 141 Å². The molecule has 128 valence electrons. The van der Waals surface area contributed by atoms with Gasteiger partial charge < -0.3 is 5.32 Å². The van der Waals surface area contributed by atoms with E-state index in [9.17, 15) is 17.6 Å². The van der Waals surface area contributed by atoms with E-state index < -0.39 is 21.7 Å². The third-order valence-electron chi connectivity index (χ3n) is 3.59. The first-order chi connectivity index (χ1) is 11.3. The lowest BCUT2D eigenvalue weighted by molar-refractivity contribution is 0.102. The van der Waals surface area contributed by atoms with E-state index in [0.29, 0.717) is 5.69 Å². The highest BCUT2D eigenvalue weighted by Gasteiger charge is 2.19. The fourth-order valence-corrected chi connectivity index (χ4v) is 3.02. The number of hydrogen-bond donors (Lipinski definition) is 2. The number of rotatable bonds is 5. The first-order valence-corrected chi connectivity index (χ1v) is 8.88. The minimum Gasteiger partial charge on any atom is -0.322 e. The largest absolute Gasteiger partial charge is 0.322 e. The molecule has 0 aliphatic carbocycles. The third-order valence-corrected chi connectivity index (χ3v) is 5.00. The molecule has 0 radical (unpaired) electrons. The van der Waals surface area contributed by atoms with Crippen LogP contribution in [0.2, 0.25) is 0 Å². The second kappa shape index (κ2) is 7.11. The van der Waals surface area contributed by atoms with E-state index in [2.05, 4.69) is 10.0 Å². The number of carbonyl (C=O) groups is 1. The van der Waals surface area contributed by atoms with E-state index in [4.69, 9.17) is 0 Å². The summed E-state index contributed by atoms with van der Waals surface area (Å²) in [6.07, 6.45) is 0. The van der Waals surface area contributed by atoms with Gasteiger partial charge in [-0.1, -0.05) is 32.0 Å². The van der Waals surface area contributed by atoms with Gasteiger partial charge in [0.05, 0.1) is 10.5 Å². The summed E-state index contributed by atoms with van der Waals surface area (Å²) in [5, 5.41) is 2.65. The molecule has 1 amide bonds. The van der Waals surface area contributed by atoms with E-state index in [-0.39, 0.29) is 16.4 Å². The summed E-state index contributed by atoms with van der Waals surface area (Å²) >= 11 is 0. The summed E-state index contributed by atoms with van der Waals surface area (Å²) < 4.78 is 39.8. The predicted octanol–water partition coefficient (Wildman–Crippen LogP) is 3.11. The number of anilines is 1. The van der Waals surface area contributed by atoms with Crippen LogP contribution < -0.4 is 10.0 Å². The first kappa shape index (κ1) is 18.1. The standard InChI is InChI=1S/C17H19FN2O3S/c1-11(2)13-6-4-5-7-16(13)20-17(21)14-10-12(8-9-15(14)18)24(22,23)19-3/h4-11,19H,1-3H3,(H,20,21). The Bertz CT molecular complexity index is 864. The molecule has 0 saturated heterocycles. The Kier molecular flexibility index (Phi) is 5.36. The number of benzene rings is 2. The number of nitrogens with one attached hydrogen (secondary N) is 2. The maximum Gasteiger partial charge on any atom is 0.258 e. The van der Waals surface area contributed by atoms with Crippen molar-refractivity contribution < 1.29 is 17.6 Å². The number of sulfonamides is 1. The van der Waals surface area contributed by atoms with E-state index in [1.807, 2.05) is 26.0 Å². The van der Waals surface area contributed by atoms with Crippen LogP contribution in [0.5, 0.6) is 0 Å². The number of hydrogen-bond acceptors (Lipinski definition) is 3. The summed E-state index contributed by atoms with van der Waals surface area (Å²) in [4.78, 5) is 12.2. The molecule has 5 nitrogen and oxygen atoms in total. The summed E-state index contributed by atoms with van der Waals surface area (Å²) in [6.45, 7) is 3.96. The molecule has 7 heteroatoms. The molecule has 24 heavy (non-hydrogen) atoms. The van der Waals surface area contributed by atoms with Crippen LogP contribution in [0, 0.1) is 5.82 Å². The molecule has 0 aromatic heterocycles. The average molecular weight is 350 g/mol. The maximum atomic E-state index is 14.0. The third kappa shape index (κ3) is 3.80. The Morgan fingerprint density at radius 3 is 2.42 bits per heavy atom. The lowest BCUT2D eigenvalue weighted by atomic mass is 10.0. The smallest absolute Gasteiger partial charge is 0.258 e. The minimum atomic E-state index is -3.76. The molecule has 0 unspecified atom stereocenters. The first-order valence-electron chi connectivity index (χ1n) is 7.39. The lowest BCUT2D eigenvalue weighted by Gasteiger charge is -2.14. The van der Waals surface area contributed by atoms with E-state index in [1.54, 1.807) is 12.1 Å². The van der Waals surface area contributed by atoms with Crippen LogP contribution in [0.1, 0.15) is 35.7 Å². The van der Waals surface area contributed by atoms with Crippen molar-refractivity contribution >= 4 is 21.6 Å². The second-order valence-corrected chi connectivity index (χ2v) is 7.43. The quantitative estimate of drug-likeness (QED) is 0.870. The molecule has 0 atom stereocenters. The summed E-state index contributed by atoms with van der Waals surface area (Å²) in [7, 11) is -2.51. The molecule has 2 N–H and O–H groups in total. The van der Waals surface area contributed by atoms with Crippen molar-refractivity contribution in [1.82, 2.24) is 4.72 Å². The van der Waals surface area contributed by atoms with Crippen LogP contribution in [-0.2, 0) is 10.0 Å². The van der Waals surface area contributed by atoms with Gasteiger partial charge in [-0.15, -0.1) is 0 Å². The minimum absolute atomic E-state index is 0.169. The molecule has 0 spiro atoms. The monoisotopic (exact) mass is 350 g/mol. The van der Waals surface area contributed by atoms with Crippen molar-refractivity contribution in [3.05, 3.63) is 59.4 Å². The van der Waals surface area contributed by atoms with Gasteiger partial charge in [0.25, 0.3) is 5.91 Å². The SMILES string of the molecule is CNS(=O)(=O)c1ccc(F)c(C(=O)Nc2ccccc2C(C)C)c1. The van der Waals surface area contributed by atoms with Gasteiger partial charge in [0.15, 0.2) is 0 Å².